The fraction of sp³-hybridized carbons (Fsp3) is 0.474. The quantitative estimate of drug-likeness (QED) is 0.869. The van der Waals surface area contributed by atoms with Gasteiger partial charge in [-0.05, 0) is 30.7 Å². The van der Waals surface area contributed by atoms with Crippen molar-refractivity contribution in [3.05, 3.63) is 41.4 Å². The lowest BCUT2D eigenvalue weighted by atomic mass is 9.71. The Morgan fingerprint density at radius 1 is 1.38 bits per heavy atom. The summed E-state index contributed by atoms with van der Waals surface area (Å²) in [6, 6.07) is 4.06. The van der Waals surface area contributed by atoms with Gasteiger partial charge >= 0.3 is 0 Å². The molecule has 1 atom stereocenters. The molecule has 6 nitrogen and oxygen atoms in total. The van der Waals surface area contributed by atoms with Crippen LogP contribution in [0.5, 0.6) is 5.75 Å². The van der Waals surface area contributed by atoms with E-state index in [0.717, 1.165) is 0 Å². The van der Waals surface area contributed by atoms with Crippen molar-refractivity contribution in [1.82, 2.24) is 4.90 Å². The number of hydrogen-bond donors (Lipinski definition) is 1. The molecule has 0 aromatic heterocycles. The first-order valence-electron chi connectivity index (χ1n) is 8.47. The highest BCUT2D eigenvalue weighted by Crippen LogP contribution is 2.40. The van der Waals surface area contributed by atoms with Crippen LogP contribution in [0.4, 0.5) is 4.39 Å². The first kappa shape index (κ1) is 18.4. The summed E-state index contributed by atoms with van der Waals surface area (Å²) in [6.07, 6.45) is 2.01. The van der Waals surface area contributed by atoms with Crippen LogP contribution in [0.15, 0.2) is 30.0 Å². The van der Waals surface area contributed by atoms with Gasteiger partial charge in [-0.2, -0.15) is 0 Å². The molecule has 1 fully saturated rings. The van der Waals surface area contributed by atoms with Crippen molar-refractivity contribution in [2.75, 3.05) is 26.8 Å². The number of ketones is 1. The third kappa shape index (κ3) is 3.19. The van der Waals surface area contributed by atoms with Crippen LogP contribution in [-0.4, -0.2) is 49.0 Å². The second kappa shape index (κ2) is 6.39. The Bertz CT molecular complexity index is 790. The molecule has 3 rings (SSSR count). The van der Waals surface area contributed by atoms with Crippen LogP contribution in [0.3, 0.4) is 0 Å². The number of halogens is 1. The number of hydrogen-bond acceptors (Lipinski definition) is 5. The monoisotopic (exact) mass is 362 g/mol. The Morgan fingerprint density at radius 3 is 2.77 bits per heavy atom. The molecule has 1 aliphatic heterocycles. The Labute approximate surface area is 151 Å². The number of carbonyl (C=O) groups is 2. The van der Waals surface area contributed by atoms with Gasteiger partial charge in [-0.25, -0.2) is 4.39 Å². The van der Waals surface area contributed by atoms with Crippen LogP contribution in [0.25, 0.3) is 0 Å². The molecule has 0 bridgehead atoms. The van der Waals surface area contributed by atoms with Crippen molar-refractivity contribution in [1.29, 1.82) is 0 Å². The Kier molecular flexibility index (Phi) is 4.52. The fourth-order valence-corrected chi connectivity index (χ4v) is 3.76. The van der Waals surface area contributed by atoms with Crippen LogP contribution in [-0.2, 0) is 9.53 Å². The maximum absolute atomic E-state index is 14.2. The van der Waals surface area contributed by atoms with E-state index in [4.69, 9.17) is 15.2 Å². The maximum atomic E-state index is 14.2. The second-order valence-electron chi connectivity index (χ2n) is 7.48. The van der Waals surface area contributed by atoms with Crippen molar-refractivity contribution in [3.8, 4) is 5.75 Å². The van der Waals surface area contributed by atoms with Gasteiger partial charge in [0, 0.05) is 12.0 Å². The number of carbonyl (C=O) groups excluding carboxylic acids is 2. The molecule has 1 saturated heterocycles. The molecule has 1 heterocycles. The zero-order chi connectivity index (χ0) is 19.1. The summed E-state index contributed by atoms with van der Waals surface area (Å²) in [4.78, 5) is 26.6. The normalized spacial score (nSPS) is 25.2. The molecule has 0 radical (unpaired) electrons. The van der Waals surface area contributed by atoms with Crippen molar-refractivity contribution in [3.63, 3.8) is 0 Å². The minimum absolute atomic E-state index is 0.0514. The largest absolute Gasteiger partial charge is 0.497 e. The summed E-state index contributed by atoms with van der Waals surface area (Å²) >= 11 is 0. The third-order valence-electron chi connectivity index (χ3n) is 4.94. The molecule has 1 spiro atoms. The SMILES string of the molecule is COc1ccc(F)c(C(=O)N2CCOC3(C=C(N)C(=O)C(C)(C)C3)C2)c1. The van der Waals surface area contributed by atoms with Crippen molar-refractivity contribution >= 4 is 11.7 Å². The molecule has 26 heavy (non-hydrogen) atoms. The van der Waals surface area contributed by atoms with Crippen LogP contribution >= 0.6 is 0 Å². The number of methoxy groups -OCH3 is 1. The third-order valence-corrected chi connectivity index (χ3v) is 4.94. The van der Waals surface area contributed by atoms with Gasteiger partial charge in [0.25, 0.3) is 5.91 Å². The molecule has 2 N–H and O–H groups in total. The maximum Gasteiger partial charge on any atom is 0.257 e. The zero-order valence-corrected chi connectivity index (χ0v) is 15.2. The molecule has 1 aromatic carbocycles. The van der Waals surface area contributed by atoms with Crippen molar-refractivity contribution in [2.24, 2.45) is 11.1 Å². The number of morpholine rings is 1. The summed E-state index contributed by atoms with van der Waals surface area (Å²) in [5, 5.41) is 0. The average Bonchev–Trinajstić information content (AvgIpc) is 2.59. The second-order valence-corrected chi connectivity index (χ2v) is 7.48. The summed E-state index contributed by atoms with van der Waals surface area (Å²) in [7, 11) is 1.46. The van der Waals surface area contributed by atoms with E-state index in [2.05, 4.69) is 0 Å². The first-order valence-corrected chi connectivity index (χ1v) is 8.47. The van der Waals surface area contributed by atoms with Crippen molar-refractivity contribution < 1.29 is 23.5 Å². The fourth-order valence-electron chi connectivity index (χ4n) is 3.76. The number of nitrogens with two attached hydrogens (primary N) is 1. The number of ether oxygens (including phenoxy) is 2. The predicted octanol–water partition coefficient (Wildman–Crippen LogP) is 1.89. The highest BCUT2D eigenvalue weighted by atomic mass is 19.1. The van der Waals surface area contributed by atoms with E-state index in [1.54, 1.807) is 6.08 Å². The van der Waals surface area contributed by atoms with Gasteiger partial charge in [-0.3, -0.25) is 9.59 Å². The number of allylic oxidation sites excluding steroid dienone is 1. The lowest BCUT2D eigenvalue weighted by Gasteiger charge is -2.46. The lowest BCUT2D eigenvalue weighted by molar-refractivity contribution is -0.135. The van der Waals surface area contributed by atoms with E-state index >= 15 is 0 Å². The van der Waals surface area contributed by atoms with Crippen LogP contribution < -0.4 is 10.5 Å². The van der Waals surface area contributed by atoms with Gasteiger partial charge in [0.15, 0.2) is 5.78 Å². The zero-order valence-electron chi connectivity index (χ0n) is 15.2. The number of Topliss-reactive ketones (excluding diaryl/α,β-unsaturated/α-hetero) is 1. The predicted molar refractivity (Wildman–Crippen MR) is 93.2 cm³/mol. The molecule has 1 aromatic rings. The number of rotatable bonds is 2. The molecule has 140 valence electrons. The van der Waals surface area contributed by atoms with E-state index in [-0.39, 0.29) is 30.2 Å². The Balaban J connectivity index is 1.90. The van der Waals surface area contributed by atoms with Crippen LogP contribution in [0, 0.1) is 11.2 Å². The van der Waals surface area contributed by atoms with Gasteiger partial charge in [-0.1, -0.05) is 13.8 Å². The Hall–Kier alpha value is -2.41. The van der Waals surface area contributed by atoms with E-state index < -0.39 is 22.7 Å². The minimum Gasteiger partial charge on any atom is -0.497 e. The van der Waals surface area contributed by atoms with Gasteiger partial charge in [0.05, 0.1) is 31.5 Å². The summed E-state index contributed by atoms with van der Waals surface area (Å²) in [5.74, 6) is -0.767. The van der Waals surface area contributed by atoms with Gasteiger partial charge < -0.3 is 20.1 Å². The number of benzene rings is 1. The molecular formula is C19H23FN2O4. The molecule has 0 saturated carbocycles. The number of amides is 1. The molecular weight excluding hydrogens is 339 g/mol. The smallest absolute Gasteiger partial charge is 0.257 e. The molecule has 1 unspecified atom stereocenters. The first-order chi connectivity index (χ1) is 12.2. The molecule has 2 aliphatic rings. The number of nitrogens with zero attached hydrogens (tertiary/aromatic N) is 1. The highest BCUT2D eigenvalue weighted by Gasteiger charge is 2.48. The van der Waals surface area contributed by atoms with Crippen LogP contribution in [0.2, 0.25) is 0 Å². The highest BCUT2D eigenvalue weighted by molar-refractivity contribution is 6.00. The van der Waals surface area contributed by atoms with Crippen molar-refractivity contribution in [2.45, 2.75) is 25.9 Å². The van der Waals surface area contributed by atoms with E-state index in [0.29, 0.717) is 18.7 Å². The summed E-state index contributed by atoms with van der Waals surface area (Å²) in [5.41, 5.74) is 4.47. The average molecular weight is 362 g/mol. The van der Waals surface area contributed by atoms with E-state index in [9.17, 15) is 14.0 Å². The summed E-state index contributed by atoms with van der Waals surface area (Å²) in [6.45, 7) is 4.44. The summed E-state index contributed by atoms with van der Waals surface area (Å²) < 4.78 is 25.2. The van der Waals surface area contributed by atoms with E-state index in [1.807, 2.05) is 13.8 Å². The Morgan fingerprint density at radius 2 is 2.12 bits per heavy atom. The topological polar surface area (TPSA) is 81.9 Å². The molecule has 1 aliphatic carbocycles. The lowest BCUT2D eigenvalue weighted by Crippen LogP contribution is -2.57. The van der Waals surface area contributed by atoms with Gasteiger partial charge in [0.1, 0.15) is 17.2 Å². The van der Waals surface area contributed by atoms with Crippen LogP contribution in [0.1, 0.15) is 30.6 Å². The standard InChI is InChI=1S/C19H23FN2O4/c1-18(2)10-19(9-15(21)16(18)23)11-22(6-7-26-19)17(24)13-8-12(25-3)4-5-14(13)20/h4-5,8-9H,6-7,10-11,21H2,1-3H3. The minimum atomic E-state index is -0.843. The van der Waals surface area contributed by atoms with E-state index in [1.165, 1.54) is 30.2 Å². The molecule has 1 amide bonds. The van der Waals surface area contributed by atoms with Gasteiger partial charge in [-0.15, -0.1) is 0 Å². The molecule has 7 heteroatoms. The van der Waals surface area contributed by atoms with Gasteiger partial charge in [0.2, 0.25) is 0 Å².